The lowest BCUT2D eigenvalue weighted by Crippen LogP contribution is -1.88. The van der Waals surface area contributed by atoms with Gasteiger partial charge in [0.05, 0.1) is 6.67 Å². The maximum absolute atomic E-state index is 11.6. The highest BCUT2D eigenvalue weighted by molar-refractivity contribution is 7.99. The minimum atomic E-state index is -0.212. The Balaban J connectivity index is 2.77. The van der Waals surface area contributed by atoms with Gasteiger partial charge in [-0.15, -0.1) is 11.8 Å². The van der Waals surface area contributed by atoms with Gasteiger partial charge in [0.25, 0.3) is 0 Å². The van der Waals surface area contributed by atoms with Gasteiger partial charge in [-0.3, -0.25) is 4.39 Å². The van der Waals surface area contributed by atoms with Crippen LogP contribution >= 0.6 is 11.8 Å². The minimum absolute atomic E-state index is 0.212. The van der Waals surface area contributed by atoms with Crippen molar-refractivity contribution in [1.82, 2.24) is 0 Å². The predicted octanol–water partition coefficient (Wildman–Crippen LogP) is 2.29. The lowest BCUT2D eigenvalue weighted by molar-refractivity contribution is 0.336. The van der Waals surface area contributed by atoms with E-state index in [2.05, 4.69) is 4.74 Å². The number of thioether (sulfide) groups is 1. The summed E-state index contributed by atoms with van der Waals surface area (Å²) in [5, 5.41) is 0. The largest absolute Gasteiger partial charge is 0.446 e. The molecule has 0 atom stereocenters. The quantitative estimate of drug-likeness (QED) is 0.415. The molecule has 0 unspecified atom stereocenters. The van der Waals surface area contributed by atoms with Gasteiger partial charge in [0.2, 0.25) is 0 Å². The molecule has 0 aromatic carbocycles. The summed E-state index contributed by atoms with van der Waals surface area (Å²) in [6.45, 7) is 1.15. The van der Waals surface area contributed by atoms with Crippen LogP contribution in [0.5, 0.6) is 0 Å². The normalized spacial score (nSPS) is 9.75. The zero-order valence-electron chi connectivity index (χ0n) is 7.05. The van der Waals surface area contributed by atoms with E-state index in [9.17, 15) is 9.18 Å². The Kier molecular flexibility index (Phi) is 10.5. The second kappa shape index (κ2) is 10.8. The van der Waals surface area contributed by atoms with E-state index >= 15 is 0 Å². The van der Waals surface area contributed by atoms with Crippen molar-refractivity contribution in [3.05, 3.63) is 0 Å². The van der Waals surface area contributed by atoms with Crippen LogP contribution in [0, 0.1) is 0 Å². The van der Waals surface area contributed by atoms with E-state index in [-0.39, 0.29) is 6.67 Å². The molecule has 4 heteroatoms. The molecule has 12 heavy (non-hydrogen) atoms. The van der Waals surface area contributed by atoms with Gasteiger partial charge in [0.1, 0.15) is 5.94 Å². The zero-order chi connectivity index (χ0) is 9.07. The molecule has 0 heterocycles. The van der Waals surface area contributed by atoms with E-state index in [1.165, 1.54) is 6.47 Å². The third-order valence-corrected chi connectivity index (χ3v) is 2.24. The summed E-state index contributed by atoms with van der Waals surface area (Å²) in [7, 11) is 0. The Morgan fingerprint density at radius 1 is 1.25 bits per heavy atom. The average molecular weight is 193 g/mol. The zero-order valence-corrected chi connectivity index (χ0v) is 7.87. The number of carbonyl (C=O) groups excluding carboxylic acids is 1. The van der Waals surface area contributed by atoms with Crippen LogP contribution in [-0.4, -0.2) is 24.8 Å². The molecule has 2 nitrogen and oxygen atoms in total. The smallest absolute Gasteiger partial charge is 0.418 e. The van der Waals surface area contributed by atoms with Gasteiger partial charge in [-0.2, -0.15) is 0 Å². The van der Waals surface area contributed by atoms with E-state index in [0.717, 1.165) is 25.0 Å². The third kappa shape index (κ3) is 9.75. The van der Waals surface area contributed by atoms with E-state index in [0.29, 0.717) is 12.4 Å². The lowest BCUT2D eigenvalue weighted by Gasteiger charge is -1.98. The predicted molar refractivity (Wildman–Crippen MR) is 48.5 cm³/mol. The van der Waals surface area contributed by atoms with Crippen LogP contribution < -0.4 is 0 Å². The first-order chi connectivity index (χ1) is 5.91. The van der Waals surface area contributed by atoms with Crippen molar-refractivity contribution in [1.29, 1.82) is 0 Å². The highest BCUT2D eigenvalue weighted by atomic mass is 32.2. The molecule has 0 aliphatic heterocycles. The third-order valence-electron chi connectivity index (χ3n) is 1.37. The Morgan fingerprint density at radius 3 is 2.67 bits per heavy atom. The van der Waals surface area contributed by atoms with Crippen LogP contribution in [0.3, 0.4) is 0 Å². The van der Waals surface area contributed by atoms with Crippen molar-refractivity contribution in [3.63, 3.8) is 0 Å². The van der Waals surface area contributed by atoms with Crippen LogP contribution in [0.4, 0.5) is 4.39 Å². The molecule has 0 aromatic heterocycles. The van der Waals surface area contributed by atoms with Crippen molar-refractivity contribution in [2.45, 2.75) is 25.7 Å². The fourth-order valence-corrected chi connectivity index (χ4v) is 1.43. The first-order valence-corrected chi connectivity index (χ1v) is 5.20. The van der Waals surface area contributed by atoms with Gasteiger partial charge in [-0.25, -0.2) is 4.79 Å². The maximum Gasteiger partial charge on any atom is 0.418 e. The summed E-state index contributed by atoms with van der Waals surface area (Å²) in [5.41, 5.74) is 0. The van der Waals surface area contributed by atoms with E-state index in [1.807, 2.05) is 0 Å². The summed E-state index contributed by atoms with van der Waals surface area (Å²) in [5.74, 6) is 1.35. The number of halogens is 1. The molecule has 0 spiro atoms. The molecule has 0 rings (SSSR count). The molecule has 0 aliphatic carbocycles. The molecule has 71 valence electrons. The molecule has 0 aliphatic rings. The summed E-state index contributed by atoms with van der Waals surface area (Å²) in [4.78, 5) is 9.58. The fourth-order valence-electron chi connectivity index (χ4n) is 0.777. The molecular weight excluding hydrogens is 179 g/mol. The highest BCUT2D eigenvalue weighted by Crippen LogP contribution is 2.07. The summed E-state index contributed by atoms with van der Waals surface area (Å²) in [6, 6.07) is 0. The molecule has 0 saturated carbocycles. The van der Waals surface area contributed by atoms with Crippen LogP contribution in [0.2, 0.25) is 0 Å². The number of ether oxygens (including phenoxy) is 1. The van der Waals surface area contributed by atoms with Crippen molar-refractivity contribution in [2.75, 3.05) is 18.4 Å². The van der Waals surface area contributed by atoms with Gasteiger partial charge < -0.3 is 4.74 Å². The standard InChI is InChI=1S/C8H14FO2S/c9-5-3-1-2-4-6-12-8-11-7-10/h1-6,8H2. The number of rotatable bonds is 9. The van der Waals surface area contributed by atoms with Crippen molar-refractivity contribution in [3.8, 4) is 0 Å². The molecule has 0 aromatic rings. The lowest BCUT2D eigenvalue weighted by atomic mass is 10.2. The van der Waals surface area contributed by atoms with Gasteiger partial charge in [0, 0.05) is 0 Å². The highest BCUT2D eigenvalue weighted by Gasteiger charge is 1.91. The van der Waals surface area contributed by atoms with Crippen LogP contribution in [0.1, 0.15) is 25.7 Å². The number of unbranched alkanes of at least 4 members (excludes halogenated alkanes) is 3. The first kappa shape index (κ1) is 11.8. The van der Waals surface area contributed by atoms with Gasteiger partial charge in [0.15, 0.2) is 0 Å². The average Bonchev–Trinajstić information content (AvgIpc) is 2.10. The van der Waals surface area contributed by atoms with Crippen molar-refractivity contribution in [2.24, 2.45) is 0 Å². The van der Waals surface area contributed by atoms with Gasteiger partial charge >= 0.3 is 6.47 Å². The summed E-state index contributed by atoms with van der Waals surface area (Å²) >= 11 is 1.56. The Labute approximate surface area is 76.9 Å². The second-order valence-corrected chi connectivity index (χ2v) is 3.41. The molecule has 0 amide bonds. The summed E-state index contributed by atoms with van der Waals surface area (Å²) in [6.07, 6.45) is 3.75. The van der Waals surface area contributed by atoms with Crippen molar-refractivity contribution >= 4 is 18.2 Å². The number of alkyl halides is 1. The molecular formula is C8H14FO2S. The number of hydrogen-bond acceptors (Lipinski definition) is 3. The topological polar surface area (TPSA) is 26.3 Å². The van der Waals surface area contributed by atoms with Gasteiger partial charge in [-0.1, -0.05) is 12.8 Å². The number of hydrogen-bond donors (Lipinski definition) is 0. The molecule has 0 bridgehead atoms. The van der Waals surface area contributed by atoms with E-state index in [4.69, 9.17) is 0 Å². The Hall–Kier alpha value is -0.250. The molecule has 0 saturated heterocycles. The SMILES string of the molecule is O=[C]OCSCCCCCCF. The fraction of sp³-hybridized carbons (Fsp3) is 0.875. The molecule has 0 fully saturated rings. The van der Waals surface area contributed by atoms with Gasteiger partial charge in [-0.05, 0) is 18.6 Å². The van der Waals surface area contributed by atoms with Crippen LogP contribution in [-0.2, 0) is 9.53 Å². The van der Waals surface area contributed by atoms with Crippen molar-refractivity contribution < 1.29 is 13.9 Å². The monoisotopic (exact) mass is 193 g/mol. The maximum atomic E-state index is 11.6. The van der Waals surface area contributed by atoms with Crippen LogP contribution in [0.15, 0.2) is 0 Å². The van der Waals surface area contributed by atoms with E-state index < -0.39 is 0 Å². The molecule has 1 radical (unpaired) electrons. The Bertz CT molecular complexity index is 101. The second-order valence-electron chi connectivity index (χ2n) is 2.36. The Morgan fingerprint density at radius 2 is 2.00 bits per heavy atom. The first-order valence-electron chi connectivity index (χ1n) is 4.04. The molecule has 0 N–H and O–H groups in total. The summed E-state index contributed by atoms with van der Waals surface area (Å²) < 4.78 is 16.0. The minimum Gasteiger partial charge on any atom is -0.446 e. The van der Waals surface area contributed by atoms with E-state index in [1.54, 1.807) is 11.8 Å². The van der Waals surface area contributed by atoms with Crippen LogP contribution in [0.25, 0.3) is 0 Å².